The van der Waals surface area contributed by atoms with Crippen molar-refractivity contribution in [3.8, 4) is 0 Å². The lowest BCUT2D eigenvalue weighted by atomic mass is 10.0. The van der Waals surface area contributed by atoms with Crippen molar-refractivity contribution in [2.75, 3.05) is 31.3 Å². The Hall–Kier alpha value is -2.05. The molecule has 1 saturated heterocycles. The van der Waals surface area contributed by atoms with E-state index in [4.69, 9.17) is 9.84 Å². The first-order valence-corrected chi connectivity index (χ1v) is 8.01. The van der Waals surface area contributed by atoms with Crippen molar-refractivity contribution in [3.63, 3.8) is 0 Å². The summed E-state index contributed by atoms with van der Waals surface area (Å²) in [5, 5.41) is 9.17. The van der Waals surface area contributed by atoms with Crippen LogP contribution in [0.1, 0.15) is 30.0 Å². The second-order valence-electron chi connectivity index (χ2n) is 5.72. The smallest absolute Gasteiger partial charge is 0.132 e. The summed E-state index contributed by atoms with van der Waals surface area (Å²) >= 11 is 0. The number of aliphatic hydroxyl groups excluding tert-OH is 1. The van der Waals surface area contributed by atoms with E-state index in [1.54, 1.807) is 18.7 Å². The van der Waals surface area contributed by atoms with Crippen molar-refractivity contribution in [2.24, 2.45) is 0 Å². The number of nitrogens with zero attached hydrogens (tertiary/aromatic N) is 4. The molecule has 2 aromatic rings. The fourth-order valence-corrected chi connectivity index (χ4v) is 2.77. The maximum atomic E-state index is 9.17. The third-order valence-electron chi connectivity index (χ3n) is 4.05. The molecule has 1 unspecified atom stereocenters. The highest BCUT2D eigenvalue weighted by Gasteiger charge is 2.20. The molecule has 0 amide bonds. The number of hydrogen-bond acceptors (Lipinski definition) is 6. The number of ether oxygens (including phenoxy) is 1. The number of aliphatic hydroxyl groups is 1. The summed E-state index contributed by atoms with van der Waals surface area (Å²) in [4.78, 5) is 15.1. The molecule has 1 fully saturated rings. The maximum Gasteiger partial charge on any atom is 0.132 e. The van der Waals surface area contributed by atoms with Crippen LogP contribution in [-0.4, -0.2) is 46.4 Å². The molecule has 3 rings (SSSR count). The van der Waals surface area contributed by atoms with E-state index in [9.17, 15) is 0 Å². The highest BCUT2D eigenvalue weighted by molar-refractivity contribution is 5.40. The highest BCUT2D eigenvalue weighted by Crippen LogP contribution is 2.26. The van der Waals surface area contributed by atoms with Crippen molar-refractivity contribution in [2.45, 2.75) is 25.3 Å². The Kier molecular flexibility index (Phi) is 5.50. The van der Waals surface area contributed by atoms with Crippen LogP contribution in [0.15, 0.2) is 36.9 Å². The van der Waals surface area contributed by atoms with Gasteiger partial charge in [-0.1, -0.05) is 0 Å². The maximum absolute atomic E-state index is 9.17. The van der Waals surface area contributed by atoms with E-state index < -0.39 is 0 Å². The Morgan fingerprint density at radius 2 is 2.13 bits per heavy atom. The minimum atomic E-state index is 0.168. The first-order valence-electron chi connectivity index (χ1n) is 8.01. The van der Waals surface area contributed by atoms with Crippen molar-refractivity contribution in [1.82, 2.24) is 15.0 Å². The van der Waals surface area contributed by atoms with Crippen molar-refractivity contribution < 1.29 is 9.84 Å². The SMILES string of the molecule is OCCCN(Cc1ccncc1)c1cc(C2CCOC2)ncn1. The molecule has 1 aliphatic rings. The van der Waals surface area contributed by atoms with Gasteiger partial charge >= 0.3 is 0 Å². The fourth-order valence-electron chi connectivity index (χ4n) is 2.77. The molecule has 122 valence electrons. The highest BCUT2D eigenvalue weighted by atomic mass is 16.5. The molecule has 23 heavy (non-hydrogen) atoms. The topological polar surface area (TPSA) is 71.4 Å². The zero-order chi connectivity index (χ0) is 15.9. The summed E-state index contributed by atoms with van der Waals surface area (Å²) in [6.45, 7) is 3.19. The molecule has 0 aromatic carbocycles. The Labute approximate surface area is 136 Å². The normalized spacial score (nSPS) is 17.3. The lowest BCUT2D eigenvalue weighted by Crippen LogP contribution is -2.26. The molecule has 1 atom stereocenters. The van der Waals surface area contributed by atoms with Gasteiger partial charge in [0, 0.05) is 50.7 Å². The van der Waals surface area contributed by atoms with Gasteiger partial charge < -0.3 is 14.7 Å². The zero-order valence-electron chi connectivity index (χ0n) is 13.1. The fraction of sp³-hybridized carbons (Fsp3) is 0.471. The number of hydrogen-bond donors (Lipinski definition) is 1. The molecule has 0 radical (unpaired) electrons. The van der Waals surface area contributed by atoms with Crippen LogP contribution in [0.25, 0.3) is 0 Å². The molecule has 1 aliphatic heterocycles. The third-order valence-corrected chi connectivity index (χ3v) is 4.05. The average Bonchev–Trinajstić information content (AvgIpc) is 3.14. The lowest BCUT2D eigenvalue weighted by Gasteiger charge is -2.24. The molecule has 6 heteroatoms. The summed E-state index contributed by atoms with van der Waals surface area (Å²) < 4.78 is 5.46. The van der Waals surface area contributed by atoms with Crippen LogP contribution in [-0.2, 0) is 11.3 Å². The van der Waals surface area contributed by atoms with Gasteiger partial charge in [-0.3, -0.25) is 4.98 Å². The molecular formula is C17H22N4O2. The second kappa shape index (κ2) is 7.99. The van der Waals surface area contributed by atoms with Gasteiger partial charge in [0.2, 0.25) is 0 Å². The van der Waals surface area contributed by atoms with Crippen molar-refractivity contribution in [3.05, 3.63) is 48.2 Å². The van der Waals surface area contributed by atoms with Crippen molar-refractivity contribution in [1.29, 1.82) is 0 Å². The summed E-state index contributed by atoms with van der Waals surface area (Å²) in [5.74, 6) is 1.25. The summed E-state index contributed by atoms with van der Waals surface area (Å²) in [7, 11) is 0. The minimum Gasteiger partial charge on any atom is -0.396 e. The predicted octanol–water partition coefficient (Wildman–Crippen LogP) is 1.76. The summed E-state index contributed by atoms with van der Waals surface area (Å²) in [6.07, 6.45) is 6.93. The number of rotatable bonds is 7. The van der Waals surface area contributed by atoms with Crippen LogP contribution in [0.5, 0.6) is 0 Å². The van der Waals surface area contributed by atoms with Gasteiger partial charge in [0.15, 0.2) is 0 Å². The average molecular weight is 314 g/mol. The van der Waals surface area contributed by atoms with E-state index in [1.165, 1.54) is 5.56 Å². The van der Waals surface area contributed by atoms with Crippen molar-refractivity contribution >= 4 is 5.82 Å². The van der Waals surface area contributed by atoms with Crippen LogP contribution < -0.4 is 4.90 Å². The van der Waals surface area contributed by atoms with Gasteiger partial charge in [0.1, 0.15) is 12.1 Å². The number of aromatic nitrogens is 3. The quantitative estimate of drug-likeness (QED) is 0.840. The Bertz CT molecular complexity index is 603. The van der Waals surface area contributed by atoms with Crippen LogP contribution in [0, 0.1) is 0 Å². The van der Waals surface area contributed by atoms with E-state index >= 15 is 0 Å². The van der Waals surface area contributed by atoms with Gasteiger partial charge in [-0.25, -0.2) is 9.97 Å². The van der Waals surface area contributed by atoms with Gasteiger partial charge in [0.25, 0.3) is 0 Å². The molecule has 1 N–H and O–H groups in total. The molecule has 0 aliphatic carbocycles. The number of anilines is 1. The first-order chi connectivity index (χ1) is 11.4. The van der Waals surface area contributed by atoms with Gasteiger partial charge in [0.05, 0.1) is 12.3 Å². The van der Waals surface area contributed by atoms with E-state index in [-0.39, 0.29) is 6.61 Å². The van der Waals surface area contributed by atoms with Gasteiger partial charge in [-0.2, -0.15) is 0 Å². The van der Waals surface area contributed by atoms with E-state index in [0.717, 1.165) is 44.2 Å². The second-order valence-corrected chi connectivity index (χ2v) is 5.72. The first kappa shape index (κ1) is 15.8. The largest absolute Gasteiger partial charge is 0.396 e. The van der Waals surface area contributed by atoms with Crippen LogP contribution in [0.2, 0.25) is 0 Å². The van der Waals surface area contributed by atoms with E-state index in [2.05, 4.69) is 25.9 Å². The summed E-state index contributed by atoms with van der Waals surface area (Å²) in [5.41, 5.74) is 2.21. The zero-order valence-corrected chi connectivity index (χ0v) is 13.1. The van der Waals surface area contributed by atoms with Gasteiger partial charge in [-0.05, 0) is 30.5 Å². The molecule has 3 heterocycles. The summed E-state index contributed by atoms with van der Waals surface area (Å²) in [6, 6.07) is 6.05. The Morgan fingerprint density at radius 3 is 2.87 bits per heavy atom. The molecular weight excluding hydrogens is 292 g/mol. The molecule has 0 spiro atoms. The van der Waals surface area contributed by atoms with E-state index in [0.29, 0.717) is 12.3 Å². The molecule has 2 aromatic heterocycles. The lowest BCUT2D eigenvalue weighted by molar-refractivity contribution is 0.193. The molecule has 0 saturated carbocycles. The Balaban J connectivity index is 1.79. The minimum absolute atomic E-state index is 0.168. The monoisotopic (exact) mass is 314 g/mol. The Morgan fingerprint density at radius 1 is 1.26 bits per heavy atom. The van der Waals surface area contributed by atoms with Crippen LogP contribution in [0.4, 0.5) is 5.82 Å². The predicted molar refractivity (Wildman–Crippen MR) is 87.2 cm³/mol. The van der Waals surface area contributed by atoms with Crippen LogP contribution >= 0.6 is 0 Å². The molecule has 6 nitrogen and oxygen atoms in total. The molecule has 0 bridgehead atoms. The van der Waals surface area contributed by atoms with E-state index in [1.807, 2.05) is 12.1 Å². The number of pyridine rings is 1. The van der Waals surface area contributed by atoms with Crippen LogP contribution in [0.3, 0.4) is 0 Å². The van der Waals surface area contributed by atoms with Gasteiger partial charge in [-0.15, -0.1) is 0 Å². The standard InChI is InChI=1S/C17H22N4O2/c22-8-1-7-21(11-14-2-5-18-6-3-14)17-10-16(19-13-20-17)15-4-9-23-12-15/h2-3,5-6,10,13,15,22H,1,4,7-9,11-12H2. The third kappa shape index (κ3) is 4.24.